The van der Waals surface area contributed by atoms with Crippen molar-refractivity contribution in [2.24, 2.45) is 5.92 Å². The second-order valence-corrected chi connectivity index (χ2v) is 4.96. The molecule has 0 amide bonds. The van der Waals surface area contributed by atoms with E-state index in [1.54, 1.807) is 0 Å². The summed E-state index contributed by atoms with van der Waals surface area (Å²) in [7, 11) is 0. The minimum absolute atomic E-state index is 0.0477. The van der Waals surface area contributed by atoms with E-state index in [0.717, 1.165) is 31.2 Å². The molecule has 20 heavy (non-hydrogen) atoms. The molecule has 0 radical (unpaired) electrons. The molecule has 1 saturated carbocycles. The molecule has 104 valence electrons. The van der Waals surface area contributed by atoms with Crippen molar-refractivity contribution < 1.29 is 13.9 Å². The fourth-order valence-electron chi connectivity index (χ4n) is 2.42. The number of carbonyl (C=O) groups excluding carboxylic acids is 1. The van der Waals surface area contributed by atoms with Gasteiger partial charge in [0.05, 0.1) is 5.92 Å². The summed E-state index contributed by atoms with van der Waals surface area (Å²) < 4.78 is 10.7. The van der Waals surface area contributed by atoms with Gasteiger partial charge in [0.1, 0.15) is 0 Å². The third-order valence-electron chi connectivity index (χ3n) is 3.51. The Morgan fingerprint density at radius 1 is 1.20 bits per heavy atom. The molecule has 0 atom stereocenters. The molecule has 5 heteroatoms. The summed E-state index contributed by atoms with van der Waals surface area (Å²) in [6, 6.07) is 9.51. The second kappa shape index (κ2) is 5.86. The zero-order valence-electron chi connectivity index (χ0n) is 11.1. The molecule has 1 aliphatic carbocycles. The monoisotopic (exact) mass is 272 g/mol. The number of benzene rings is 1. The van der Waals surface area contributed by atoms with Crippen LogP contribution in [0.1, 0.15) is 31.6 Å². The minimum atomic E-state index is -0.151. The molecule has 2 aromatic rings. The number of rotatable bonds is 4. The van der Waals surface area contributed by atoms with Gasteiger partial charge in [-0.1, -0.05) is 31.0 Å². The van der Waals surface area contributed by atoms with E-state index in [0.29, 0.717) is 11.8 Å². The predicted octanol–water partition coefficient (Wildman–Crippen LogP) is 2.97. The van der Waals surface area contributed by atoms with E-state index in [-0.39, 0.29) is 18.5 Å². The fraction of sp³-hybridized carbons (Fsp3) is 0.400. The minimum Gasteiger partial charge on any atom is -0.455 e. The molecular weight excluding hydrogens is 256 g/mol. The van der Waals surface area contributed by atoms with E-state index in [1.807, 2.05) is 30.3 Å². The number of hydrogen-bond acceptors (Lipinski definition) is 5. The average molecular weight is 272 g/mol. The van der Waals surface area contributed by atoms with Crippen LogP contribution >= 0.6 is 0 Å². The third kappa shape index (κ3) is 2.87. The summed E-state index contributed by atoms with van der Waals surface area (Å²) in [5.74, 6) is 0.668. The number of aromatic nitrogens is 2. The van der Waals surface area contributed by atoms with Gasteiger partial charge in [0, 0.05) is 5.56 Å². The van der Waals surface area contributed by atoms with E-state index in [9.17, 15) is 4.79 Å². The Labute approximate surface area is 117 Å². The van der Waals surface area contributed by atoms with E-state index < -0.39 is 0 Å². The van der Waals surface area contributed by atoms with Gasteiger partial charge < -0.3 is 9.15 Å². The highest BCUT2D eigenvalue weighted by molar-refractivity contribution is 5.72. The van der Waals surface area contributed by atoms with Gasteiger partial charge in [0.15, 0.2) is 6.61 Å². The highest BCUT2D eigenvalue weighted by Gasteiger charge is 2.24. The van der Waals surface area contributed by atoms with Crippen LogP contribution in [0.25, 0.3) is 11.5 Å². The van der Waals surface area contributed by atoms with Crippen LogP contribution in [-0.2, 0) is 16.1 Å². The van der Waals surface area contributed by atoms with E-state index in [2.05, 4.69) is 10.2 Å². The second-order valence-electron chi connectivity index (χ2n) is 4.96. The summed E-state index contributed by atoms with van der Waals surface area (Å²) in [5, 5.41) is 7.85. The van der Waals surface area contributed by atoms with Crippen molar-refractivity contribution in [2.75, 3.05) is 0 Å². The number of ether oxygens (including phenoxy) is 1. The molecule has 0 aliphatic heterocycles. The third-order valence-corrected chi connectivity index (χ3v) is 3.51. The maximum absolute atomic E-state index is 11.8. The van der Waals surface area contributed by atoms with Gasteiger partial charge in [-0.2, -0.15) is 0 Å². The van der Waals surface area contributed by atoms with Gasteiger partial charge in [-0.3, -0.25) is 4.79 Å². The molecule has 1 aromatic heterocycles. The van der Waals surface area contributed by atoms with Gasteiger partial charge in [-0.05, 0) is 25.0 Å². The average Bonchev–Trinajstić information content (AvgIpc) is 3.17. The van der Waals surface area contributed by atoms with Crippen molar-refractivity contribution in [2.45, 2.75) is 32.3 Å². The molecule has 5 nitrogen and oxygen atoms in total. The maximum atomic E-state index is 11.8. The van der Waals surface area contributed by atoms with E-state index in [4.69, 9.17) is 9.15 Å². The molecular formula is C15H16N2O3. The molecule has 0 bridgehead atoms. The SMILES string of the molecule is O=C(OCc1nnc(-c2ccccc2)o1)C1CCCC1. The zero-order valence-corrected chi connectivity index (χ0v) is 11.1. The lowest BCUT2D eigenvalue weighted by atomic mass is 10.1. The molecule has 0 saturated heterocycles. The first-order chi connectivity index (χ1) is 9.83. The van der Waals surface area contributed by atoms with Crippen LogP contribution in [0.15, 0.2) is 34.7 Å². The van der Waals surface area contributed by atoms with Crippen molar-refractivity contribution in [1.82, 2.24) is 10.2 Å². The van der Waals surface area contributed by atoms with Gasteiger partial charge in [-0.15, -0.1) is 10.2 Å². The Hall–Kier alpha value is -2.17. The first-order valence-corrected chi connectivity index (χ1v) is 6.87. The Bertz CT molecular complexity index is 574. The lowest BCUT2D eigenvalue weighted by Crippen LogP contribution is -2.14. The van der Waals surface area contributed by atoms with Gasteiger partial charge in [0.25, 0.3) is 5.89 Å². The summed E-state index contributed by atoms with van der Waals surface area (Å²) >= 11 is 0. The Morgan fingerprint density at radius 3 is 2.70 bits per heavy atom. The molecule has 1 heterocycles. The number of nitrogens with zero attached hydrogens (tertiary/aromatic N) is 2. The predicted molar refractivity (Wildman–Crippen MR) is 71.5 cm³/mol. The summed E-state index contributed by atoms with van der Waals surface area (Å²) in [6.45, 7) is 0.0508. The van der Waals surface area contributed by atoms with Crippen molar-refractivity contribution in [1.29, 1.82) is 0 Å². The van der Waals surface area contributed by atoms with Crippen LogP contribution in [0.5, 0.6) is 0 Å². The summed E-state index contributed by atoms with van der Waals surface area (Å²) in [6.07, 6.45) is 4.08. The van der Waals surface area contributed by atoms with Crippen molar-refractivity contribution in [3.63, 3.8) is 0 Å². The van der Waals surface area contributed by atoms with Gasteiger partial charge in [0.2, 0.25) is 5.89 Å². The van der Waals surface area contributed by atoms with Crippen LogP contribution < -0.4 is 0 Å². The topological polar surface area (TPSA) is 65.2 Å². The highest BCUT2D eigenvalue weighted by Crippen LogP contribution is 2.26. The van der Waals surface area contributed by atoms with Crippen LogP contribution in [0.4, 0.5) is 0 Å². The lowest BCUT2D eigenvalue weighted by molar-refractivity contribution is -0.150. The number of carbonyl (C=O) groups is 1. The Kier molecular flexibility index (Phi) is 3.76. The van der Waals surface area contributed by atoms with Crippen molar-refractivity contribution in [3.8, 4) is 11.5 Å². The van der Waals surface area contributed by atoms with Gasteiger partial charge >= 0.3 is 5.97 Å². The van der Waals surface area contributed by atoms with Crippen LogP contribution in [0.2, 0.25) is 0 Å². The van der Waals surface area contributed by atoms with E-state index in [1.165, 1.54) is 0 Å². The first kappa shape index (κ1) is 12.8. The maximum Gasteiger partial charge on any atom is 0.309 e. The first-order valence-electron chi connectivity index (χ1n) is 6.87. The molecule has 1 aromatic carbocycles. The molecule has 1 fully saturated rings. The number of esters is 1. The van der Waals surface area contributed by atoms with Crippen molar-refractivity contribution in [3.05, 3.63) is 36.2 Å². The summed E-state index contributed by atoms with van der Waals surface area (Å²) in [4.78, 5) is 11.8. The highest BCUT2D eigenvalue weighted by atomic mass is 16.5. The van der Waals surface area contributed by atoms with E-state index >= 15 is 0 Å². The normalized spacial score (nSPS) is 15.4. The molecule has 3 rings (SSSR count). The molecule has 1 aliphatic rings. The molecule has 0 unspecified atom stereocenters. The largest absolute Gasteiger partial charge is 0.455 e. The van der Waals surface area contributed by atoms with Crippen molar-refractivity contribution >= 4 is 5.97 Å². The van der Waals surface area contributed by atoms with Gasteiger partial charge in [-0.25, -0.2) is 0 Å². The molecule has 0 N–H and O–H groups in total. The van der Waals surface area contributed by atoms with Crippen LogP contribution in [0, 0.1) is 5.92 Å². The fourth-order valence-corrected chi connectivity index (χ4v) is 2.42. The smallest absolute Gasteiger partial charge is 0.309 e. The lowest BCUT2D eigenvalue weighted by Gasteiger charge is -2.07. The Balaban J connectivity index is 1.59. The van der Waals surface area contributed by atoms with Crippen LogP contribution in [-0.4, -0.2) is 16.2 Å². The zero-order chi connectivity index (χ0) is 13.8. The Morgan fingerprint density at radius 2 is 1.95 bits per heavy atom. The quantitative estimate of drug-likeness (QED) is 0.800. The number of hydrogen-bond donors (Lipinski definition) is 0. The van der Waals surface area contributed by atoms with Crippen LogP contribution in [0.3, 0.4) is 0 Å². The standard InChI is InChI=1S/C15H16N2O3/c18-15(12-8-4-5-9-12)19-10-13-16-17-14(20-13)11-6-2-1-3-7-11/h1-3,6-7,12H,4-5,8-10H2. The molecule has 0 spiro atoms. The summed E-state index contributed by atoms with van der Waals surface area (Å²) in [5.41, 5.74) is 0.855.